The minimum absolute atomic E-state index is 0.00664. The first-order valence-electron chi connectivity index (χ1n) is 13.3. The molecule has 3 aromatic carbocycles. The molecule has 0 bridgehead atoms. The maximum Gasteiger partial charge on any atom is 0.288 e. The van der Waals surface area contributed by atoms with Gasteiger partial charge in [0.25, 0.3) is 17.5 Å². The second-order valence-corrected chi connectivity index (χ2v) is 10.6. The molecule has 0 unspecified atom stereocenters. The van der Waals surface area contributed by atoms with Crippen molar-refractivity contribution < 1.29 is 19.3 Å². The van der Waals surface area contributed by atoms with E-state index in [0.717, 1.165) is 22.9 Å². The number of carbonyl (C=O) groups is 3. The summed E-state index contributed by atoms with van der Waals surface area (Å²) in [5.41, 5.74) is 1.71. The van der Waals surface area contributed by atoms with Crippen LogP contribution < -0.4 is 5.32 Å². The summed E-state index contributed by atoms with van der Waals surface area (Å²) in [6.07, 6.45) is 7.63. The van der Waals surface area contributed by atoms with Crippen molar-refractivity contribution in [2.75, 3.05) is 5.75 Å². The third-order valence-electron chi connectivity index (χ3n) is 6.39. The Labute approximate surface area is 263 Å². The maximum absolute atomic E-state index is 13.8. The number of amidine groups is 1. The lowest BCUT2D eigenvalue weighted by Crippen LogP contribution is -2.42. The Morgan fingerprint density at radius 2 is 1.73 bits per heavy atom. The Balaban J connectivity index is 1.64. The highest BCUT2D eigenvalue weighted by Crippen LogP contribution is 2.29. The Morgan fingerprint density at radius 1 is 1.09 bits per heavy atom. The molecule has 0 saturated heterocycles. The summed E-state index contributed by atoms with van der Waals surface area (Å²) in [6, 6.07) is 22.5. The molecule has 1 heterocycles. The van der Waals surface area contributed by atoms with Gasteiger partial charge in [0.05, 0.1) is 16.7 Å². The number of hydrogen-bond acceptors (Lipinski definition) is 6. The van der Waals surface area contributed by atoms with Crippen LogP contribution in [0.3, 0.4) is 0 Å². The van der Waals surface area contributed by atoms with Gasteiger partial charge in [0.15, 0.2) is 5.17 Å². The van der Waals surface area contributed by atoms with Crippen molar-refractivity contribution in [3.8, 4) is 0 Å². The minimum Gasteiger partial charge on any atom is -0.344 e. The molecule has 11 heteroatoms. The highest BCUT2D eigenvalue weighted by molar-refractivity contribution is 8.14. The number of nitrogens with one attached hydrogen (secondary N) is 1. The molecule has 0 spiro atoms. The molecule has 0 atom stereocenters. The third kappa shape index (κ3) is 7.66. The Hall–Kier alpha value is -5.06. The number of carbonyl (C=O) groups excluding carboxylic acids is 3. The van der Waals surface area contributed by atoms with Crippen LogP contribution in [0.2, 0.25) is 5.02 Å². The number of nitro benzene ring substituents is 1. The van der Waals surface area contributed by atoms with E-state index in [9.17, 15) is 24.5 Å². The number of allylic oxidation sites excluding steroid dienone is 4. The molecule has 9 nitrogen and oxygen atoms in total. The van der Waals surface area contributed by atoms with Gasteiger partial charge in [0, 0.05) is 11.8 Å². The van der Waals surface area contributed by atoms with Crippen molar-refractivity contribution in [1.29, 1.82) is 0 Å². The molecule has 0 aliphatic carbocycles. The van der Waals surface area contributed by atoms with Crippen LogP contribution in [0.1, 0.15) is 29.7 Å². The number of rotatable bonds is 10. The SMILES string of the molecule is C=C/C=C\C(=C/C)N1C(=O)/C(=C/c2ccc(Cl)c([N+](=O)[O-])c2)C(=O)N=C1SCC(=O)NC(c1ccccc1)c1ccccc1. The van der Waals surface area contributed by atoms with E-state index in [1.807, 2.05) is 60.7 Å². The zero-order valence-electron chi connectivity index (χ0n) is 23.6. The van der Waals surface area contributed by atoms with Crippen LogP contribution in [0.25, 0.3) is 6.08 Å². The zero-order valence-corrected chi connectivity index (χ0v) is 25.1. The number of amides is 3. The number of benzene rings is 3. The van der Waals surface area contributed by atoms with Gasteiger partial charge in [-0.05, 0) is 41.8 Å². The fourth-order valence-electron chi connectivity index (χ4n) is 4.32. The van der Waals surface area contributed by atoms with Gasteiger partial charge in [-0.2, -0.15) is 4.99 Å². The normalized spacial score (nSPS) is 14.7. The lowest BCUT2D eigenvalue weighted by molar-refractivity contribution is -0.384. The number of halogens is 1. The van der Waals surface area contributed by atoms with Gasteiger partial charge in [-0.15, -0.1) is 0 Å². The molecule has 1 N–H and O–H groups in total. The number of hydrogen-bond donors (Lipinski definition) is 1. The smallest absolute Gasteiger partial charge is 0.288 e. The van der Waals surface area contributed by atoms with Gasteiger partial charge in [-0.25, -0.2) is 0 Å². The average molecular weight is 627 g/mol. The molecule has 0 aromatic heterocycles. The quantitative estimate of drug-likeness (QED) is 0.0885. The minimum atomic E-state index is -0.846. The Morgan fingerprint density at radius 3 is 2.30 bits per heavy atom. The number of thioether (sulfide) groups is 1. The lowest BCUT2D eigenvalue weighted by atomic mass is 9.99. The van der Waals surface area contributed by atoms with Gasteiger partial charge in [0.1, 0.15) is 10.6 Å². The van der Waals surface area contributed by atoms with E-state index in [2.05, 4.69) is 16.9 Å². The molecular formula is C33H27ClN4O5S. The molecule has 1 aliphatic heterocycles. The van der Waals surface area contributed by atoms with Crippen LogP contribution >= 0.6 is 23.4 Å². The summed E-state index contributed by atoms with van der Waals surface area (Å²) in [5.74, 6) is -2.04. The fourth-order valence-corrected chi connectivity index (χ4v) is 5.31. The van der Waals surface area contributed by atoms with E-state index >= 15 is 0 Å². The van der Waals surface area contributed by atoms with Gasteiger partial charge >= 0.3 is 0 Å². The van der Waals surface area contributed by atoms with Crippen molar-refractivity contribution in [2.45, 2.75) is 13.0 Å². The van der Waals surface area contributed by atoms with E-state index in [1.165, 1.54) is 35.3 Å². The van der Waals surface area contributed by atoms with Crippen LogP contribution in [-0.4, -0.2) is 38.5 Å². The third-order valence-corrected chi connectivity index (χ3v) is 7.65. The highest BCUT2D eigenvalue weighted by Gasteiger charge is 2.35. The molecule has 0 radical (unpaired) electrons. The molecule has 3 amide bonds. The van der Waals surface area contributed by atoms with Crippen LogP contribution in [0.15, 0.2) is 126 Å². The summed E-state index contributed by atoms with van der Waals surface area (Å²) in [7, 11) is 0. The summed E-state index contributed by atoms with van der Waals surface area (Å²) in [5, 5.41) is 14.3. The highest BCUT2D eigenvalue weighted by atomic mass is 35.5. The molecule has 0 fully saturated rings. The maximum atomic E-state index is 13.8. The van der Waals surface area contributed by atoms with E-state index in [-0.39, 0.29) is 38.7 Å². The second-order valence-electron chi connectivity index (χ2n) is 9.28. The topological polar surface area (TPSA) is 122 Å². The van der Waals surface area contributed by atoms with Crippen LogP contribution in [0.4, 0.5) is 5.69 Å². The predicted molar refractivity (Wildman–Crippen MR) is 174 cm³/mol. The number of aliphatic imine (C=N–C) groups is 1. The molecule has 1 aliphatic rings. The summed E-state index contributed by atoms with van der Waals surface area (Å²) in [6.45, 7) is 5.37. The van der Waals surface area contributed by atoms with Gasteiger partial charge < -0.3 is 5.32 Å². The van der Waals surface area contributed by atoms with Crippen molar-refractivity contribution in [3.05, 3.63) is 153 Å². The fraction of sp³-hybridized carbons (Fsp3) is 0.0909. The van der Waals surface area contributed by atoms with Crippen LogP contribution in [-0.2, 0) is 14.4 Å². The lowest BCUT2D eigenvalue weighted by Gasteiger charge is -2.28. The first-order valence-corrected chi connectivity index (χ1v) is 14.7. The zero-order chi connectivity index (χ0) is 31.6. The molecule has 44 heavy (non-hydrogen) atoms. The summed E-state index contributed by atoms with van der Waals surface area (Å²) < 4.78 is 0. The molecule has 222 valence electrons. The molecule has 3 aromatic rings. The van der Waals surface area contributed by atoms with Crippen molar-refractivity contribution >= 4 is 58.0 Å². The average Bonchev–Trinajstić information content (AvgIpc) is 3.03. The Kier molecular flexibility index (Phi) is 10.8. The summed E-state index contributed by atoms with van der Waals surface area (Å²) >= 11 is 6.85. The van der Waals surface area contributed by atoms with E-state index in [0.29, 0.717) is 5.70 Å². The summed E-state index contributed by atoms with van der Waals surface area (Å²) in [4.78, 5) is 56.2. The van der Waals surface area contributed by atoms with E-state index < -0.39 is 22.8 Å². The first kappa shape index (κ1) is 31.9. The van der Waals surface area contributed by atoms with Crippen molar-refractivity contribution in [1.82, 2.24) is 10.2 Å². The monoisotopic (exact) mass is 626 g/mol. The van der Waals surface area contributed by atoms with Crippen molar-refractivity contribution in [3.63, 3.8) is 0 Å². The number of nitrogens with zero attached hydrogens (tertiary/aromatic N) is 3. The standard InChI is InChI=1S/C33H27ClN4O5S/c1-3-5-16-25(4-2)37-32(41)26(19-22-17-18-27(34)28(20-22)38(42)43)31(40)36-33(37)44-21-29(39)35-30(23-12-8-6-9-13-23)24-14-10-7-11-15-24/h3-20,30H,1,21H2,2H3,(H,35,39)/b16-5-,25-4+,26-19+. The molecule has 4 rings (SSSR count). The molecule has 0 saturated carbocycles. The largest absolute Gasteiger partial charge is 0.344 e. The predicted octanol–water partition coefficient (Wildman–Crippen LogP) is 6.64. The molecular weight excluding hydrogens is 600 g/mol. The Bertz CT molecular complexity index is 1680. The first-order chi connectivity index (χ1) is 21.2. The second kappa shape index (κ2) is 14.9. The van der Waals surface area contributed by atoms with Gasteiger partial charge in [-0.3, -0.25) is 29.4 Å². The van der Waals surface area contributed by atoms with Gasteiger partial charge in [-0.1, -0.05) is 115 Å². The van der Waals surface area contributed by atoms with Crippen LogP contribution in [0, 0.1) is 10.1 Å². The van der Waals surface area contributed by atoms with Crippen LogP contribution in [0.5, 0.6) is 0 Å². The van der Waals surface area contributed by atoms with E-state index in [1.54, 1.807) is 25.2 Å². The van der Waals surface area contributed by atoms with Gasteiger partial charge in [0.2, 0.25) is 5.91 Å². The van der Waals surface area contributed by atoms with E-state index in [4.69, 9.17) is 11.6 Å². The van der Waals surface area contributed by atoms with Crippen molar-refractivity contribution in [2.24, 2.45) is 4.99 Å². The number of nitro groups is 1.